The topological polar surface area (TPSA) is 0 Å². The minimum Gasteiger partial charge on any atom is -0.0625 e. The Balaban J connectivity index is 2.20. The van der Waals surface area contributed by atoms with Gasteiger partial charge < -0.3 is 0 Å². The van der Waals surface area contributed by atoms with E-state index in [4.69, 9.17) is 0 Å². The van der Waals surface area contributed by atoms with Crippen molar-refractivity contribution in [3.63, 3.8) is 0 Å². The number of hydrogen-bond acceptors (Lipinski definition) is 0. The molecule has 0 bridgehead atoms. The highest BCUT2D eigenvalue weighted by molar-refractivity contribution is 5.62. The molecule has 0 atom stereocenters. The smallest absolute Gasteiger partial charge is 0.00992 e. The lowest BCUT2D eigenvalue weighted by atomic mass is 9.99. The van der Waals surface area contributed by atoms with Crippen molar-refractivity contribution in [3.05, 3.63) is 60.2 Å². The van der Waals surface area contributed by atoms with E-state index in [1.54, 1.807) is 0 Å². The molecule has 1 radical (unpaired) electrons. The largest absolute Gasteiger partial charge is 0.0625 e. The Labute approximate surface area is 97.9 Å². The molecule has 0 aliphatic heterocycles. The van der Waals surface area contributed by atoms with Crippen LogP contribution in [0.4, 0.5) is 0 Å². The van der Waals surface area contributed by atoms with Gasteiger partial charge in [-0.3, -0.25) is 0 Å². The molecule has 81 valence electrons. The van der Waals surface area contributed by atoms with Crippen LogP contribution in [0.25, 0.3) is 11.1 Å². The minimum atomic E-state index is 0.717. The predicted octanol–water partition coefficient (Wildman–Crippen LogP) is 4.35. The first kappa shape index (κ1) is 10.9. The maximum atomic E-state index is 3.24. The molecule has 0 spiro atoms. The van der Waals surface area contributed by atoms with Gasteiger partial charge in [-0.2, -0.15) is 0 Å². The van der Waals surface area contributed by atoms with Gasteiger partial charge in [0.05, 0.1) is 0 Å². The van der Waals surface area contributed by atoms with E-state index in [0.717, 1.165) is 6.42 Å². The molecule has 0 heteroatoms. The highest BCUT2D eigenvalue weighted by atomic mass is 14.0. The molecule has 2 rings (SSSR count). The standard InChI is InChI=1S/C16H17/c1-13(2)12-14-8-10-16(11-9-14)15-6-4-3-5-7-15/h3-6,8-11,13H,12H2,1-2H3. The fourth-order valence-corrected chi connectivity index (χ4v) is 1.86. The van der Waals surface area contributed by atoms with Crippen LogP contribution in [-0.2, 0) is 6.42 Å². The summed E-state index contributed by atoms with van der Waals surface area (Å²) in [7, 11) is 0. The van der Waals surface area contributed by atoms with E-state index in [-0.39, 0.29) is 0 Å². The number of benzene rings is 2. The minimum absolute atomic E-state index is 0.717. The zero-order valence-corrected chi connectivity index (χ0v) is 9.90. The highest BCUT2D eigenvalue weighted by Gasteiger charge is 1.99. The summed E-state index contributed by atoms with van der Waals surface area (Å²) in [6, 6.07) is 20.1. The summed E-state index contributed by atoms with van der Waals surface area (Å²) in [5.74, 6) is 0.717. The maximum absolute atomic E-state index is 3.24. The molecule has 0 saturated heterocycles. The van der Waals surface area contributed by atoms with E-state index in [9.17, 15) is 0 Å². The van der Waals surface area contributed by atoms with Gasteiger partial charge in [0.2, 0.25) is 0 Å². The third-order valence-corrected chi connectivity index (χ3v) is 2.62. The van der Waals surface area contributed by atoms with Crippen LogP contribution in [0.3, 0.4) is 0 Å². The van der Waals surface area contributed by atoms with Crippen LogP contribution >= 0.6 is 0 Å². The fourth-order valence-electron chi connectivity index (χ4n) is 1.86. The van der Waals surface area contributed by atoms with Crippen LogP contribution in [0.15, 0.2) is 48.5 Å². The Hall–Kier alpha value is -1.56. The number of hydrogen-bond donors (Lipinski definition) is 0. The third-order valence-electron chi connectivity index (χ3n) is 2.62. The van der Waals surface area contributed by atoms with E-state index in [1.807, 2.05) is 18.2 Å². The Kier molecular flexibility index (Phi) is 3.40. The van der Waals surface area contributed by atoms with Crippen molar-refractivity contribution < 1.29 is 0 Å². The van der Waals surface area contributed by atoms with E-state index in [2.05, 4.69) is 50.2 Å². The van der Waals surface area contributed by atoms with Gasteiger partial charge in [0.1, 0.15) is 0 Å². The second kappa shape index (κ2) is 4.98. The maximum Gasteiger partial charge on any atom is -0.00992 e. The van der Waals surface area contributed by atoms with Gasteiger partial charge >= 0.3 is 0 Å². The molecular formula is C16H17. The van der Waals surface area contributed by atoms with Crippen molar-refractivity contribution in [2.24, 2.45) is 5.92 Å². The van der Waals surface area contributed by atoms with Crippen LogP contribution in [0.5, 0.6) is 0 Å². The molecule has 2 aromatic rings. The summed E-state index contributed by atoms with van der Waals surface area (Å²) in [6.07, 6.45) is 1.15. The Morgan fingerprint density at radius 2 is 1.75 bits per heavy atom. The second-order valence-electron chi connectivity index (χ2n) is 4.57. The van der Waals surface area contributed by atoms with Crippen LogP contribution in [0.2, 0.25) is 0 Å². The van der Waals surface area contributed by atoms with Gasteiger partial charge in [-0.25, -0.2) is 0 Å². The summed E-state index contributed by atoms with van der Waals surface area (Å²) in [6.45, 7) is 4.50. The molecule has 0 fully saturated rings. The van der Waals surface area contributed by atoms with Gasteiger partial charge in [0.25, 0.3) is 0 Å². The molecule has 0 nitrogen and oxygen atoms in total. The van der Waals surface area contributed by atoms with Crippen molar-refractivity contribution in [2.45, 2.75) is 20.3 Å². The van der Waals surface area contributed by atoms with Crippen molar-refractivity contribution in [2.75, 3.05) is 0 Å². The Bertz CT molecular complexity index is 423. The quantitative estimate of drug-likeness (QED) is 0.705. The van der Waals surface area contributed by atoms with Crippen LogP contribution in [0.1, 0.15) is 19.4 Å². The molecule has 16 heavy (non-hydrogen) atoms. The molecule has 2 aromatic carbocycles. The zero-order chi connectivity index (χ0) is 11.4. The normalized spacial score (nSPS) is 10.7. The lowest BCUT2D eigenvalue weighted by Crippen LogP contribution is -1.93. The SMILES string of the molecule is CC(C)Cc1ccc(-c2[c]cccc2)cc1. The van der Waals surface area contributed by atoms with E-state index in [0.29, 0.717) is 5.92 Å². The van der Waals surface area contributed by atoms with Gasteiger partial charge in [-0.15, -0.1) is 0 Å². The molecule has 0 N–H and O–H groups in total. The Morgan fingerprint density at radius 3 is 2.31 bits per heavy atom. The van der Waals surface area contributed by atoms with Gasteiger partial charge in [-0.05, 0) is 35.1 Å². The molecule has 0 saturated carbocycles. The first-order chi connectivity index (χ1) is 7.75. The second-order valence-corrected chi connectivity index (χ2v) is 4.57. The molecule has 0 unspecified atom stereocenters. The van der Waals surface area contributed by atoms with Gasteiger partial charge in [-0.1, -0.05) is 62.4 Å². The number of rotatable bonds is 3. The monoisotopic (exact) mass is 209 g/mol. The van der Waals surface area contributed by atoms with Crippen molar-refractivity contribution in [1.82, 2.24) is 0 Å². The first-order valence-corrected chi connectivity index (χ1v) is 5.82. The van der Waals surface area contributed by atoms with Gasteiger partial charge in [0.15, 0.2) is 0 Å². The summed E-state index contributed by atoms with van der Waals surface area (Å²) < 4.78 is 0. The van der Waals surface area contributed by atoms with E-state index >= 15 is 0 Å². The van der Waals surface area contributed by atoms with Crippen LogP contribution in [-0.4, -0.2) is 0 Å². The molecule has 0 amide bonds. The lowest BCUT2D eigenvalue weighted by Gasteiger charge is -2.06. The van der Waals surface area contributed by atoms with Crippen molar-refractivity contribution >= 4 is 0 Å². The van der Waals surface area contributed by atoms with E-state index in [1.165, 1.54) is 16.7 Å². The highest BCUT2D eigenvalue weighted by Crippen LogP contribution is 2.19. The van der Waals surface area contributed by atoms with Crippen LogP contribution < -0.4 is 0 Å². The van der Waals surface area contributed by atoms with E-state index < -0.39 is 0 Å². The summed E-state index contributed by atoms with van der Waals surface area (Å²) >= 11 is 0. The summed E-state index contributed by atoms with van der Waals surface area (Å²) in [5.41, 5.74) is 3.82. The Morgan fingerprint density at radius 1 is 1.00 bits per heavy atom. The average molecular weight is 209 g/mol. The summed E-state index contributed by atoms with van der Waals surface area (Å²) in [5, 5.41) is 0. The first-order valence-electron chi connectivity index (χ1n) is 5.82. The van der Waals surface area contributed by atoms with Gasteiger partial charge in [0, 0.05) is 0 Å². The third kappa shape index (κ3) is 2.73. The van der Waals surface area contributed by atoms with Crippen molar-refractivity contribution in [1.29, 1.82) is 0 Å². The van der Waals surface area contributed by atoms with Crippen molar-refractivity contribution in [3.8, 4) is 11.1 Å². The molecule has 0 aliphatic rings. The molecular weight excluding hydrogens is 192 g/mol. The lowest BCUT2D eigenvalue weighted by molar-refractivity contribution is 0.647. The molecule has 0 heterocycles. The average Bonchev–Trinajstić information content (AvgIpc) is 2.30. The fraction of sp³-hybridized carbons (Fsp3) is 0.250. The molecule has 0 aliphatic carbocycles. The molecule has 0 aromatic heterocycles. The van der Waals surface area contributed by atoms with Crippen LogP contribution in [0, 0.1) is 12.0 Å². The summed E-state index contributed by atoms with van der Waals surface area (Å²) in [4.78, 5) is 0. The zero-order valence-electron chi connectivity index (χ0n) is 9.90. The predicted molar refractivity (Wildman–Crippen MR) is 69.3 cm³/mol.